The van der Waals surface area contributed by atoms with E-state index in [4.69, 9.17) is 4.74 Å². The van der Waals surface area contributed by atoms with Gasteiger partial charge in [0.2, 0.25) is 5.91 Å². The Hall–Kier alpha value is -1.06. The van der Waals surface area contributed by atoms with Gasteiger partial charge in [-0.3, -0.25) is 9.59 Å². The maximum absolute atomic E-state index is 13.0. The van der Waals surface area contributed by atoms with Crippen LogP contribution in [0.4, 0.5) is 0 Å². The predicted octanol–water partition coefficient (Wildman–Crippen LogP) is 4.17. The molecule has 0 aromatic carbocycles. The third kappa shape index (κ3) is 6.15. The van der Waals surface area contributed by atoms with E-state index in [1.54, 1.807) is 0 Å². The molecule has 134 valence electrons. The van der Waals surface area contributed by atoms with Crippen LogP contribution in [0.3, 0.4) is 0 Å². The summed E-state index contributed by atoms with van der Waals surface area (Å²) in [6, 6.07) is 0.288. The molecule has 0 saturated heterocycles. The van der Waals surface area contributed by atoms with Crippen LogP contribution < -0.4 is 0 Å². The second-order valence-electron chi connectivity index (χ2n) is 6.93. The minimum Gasteiger partial charge on any atom is -0.469 e. The molecule has 0 radical (unpaired) electrons. The van der Waals surface area contributed by atoms with Crippen LogP contribution in [0.2, 0.25) is 0 Å². The molecule has 0 aromatic heterocycles. The van der Waals surface area contributed by atoms with Crippen molar-refractivity contribution in [2.45, 2.75) is 84.6 Å². The van der Waals surface area contributed by atoms with E-state index in [0.717, 1.165) is 25.7 Å². The van der Waals surface area contributed by atoms with Gasteiger partial charge in [0.15, 0.2) is 0 Å². The third-order valence-electron chi connectivity index (χ3n) is 5.21. The monoisotopic (exact) mass is 325 g/mol. The number of amides is 1. The molecular formula is C19H35NO3. The Bertz CT molecular complexity index is 358. The van der Waals surface area contributed by atoms with Crippen LogP contribution in [-0.2, 0) is 14.3 Å². The molecule has 4 heteroatoms. The number of carbonyl (C=O) groups is 2. The quantitative estimate of drug-likeness (QED) is 0.660. The minimum absolute atomic E-state index is 0.0743. The van der Waals surface area contributed by atoms with E-state index in [-0.39, 0.29) is 29.8 Å². The van der Waals surface area contributed by atoms with Crippen LogP contribution in [0.25, 0.3) is 0 Å². The van der Waals surface area contributed by atoms with E-state index in [9.17, 15) is 9.59 Å². The number of rotatable bonds is 7. The highest BCUT2D eigenvalue weighted by Gasteiger charge is 2.30. The van der Waals surface area contributed by atoms with Crippen LogP contribution >= 0.6 is 0 Å². The molecule has 0 aromatic rings. The summed E-state index contributed by atoms with van der Waals surface area (Å²) in [5, 5.41) is 0. The first-order valence-corrected chi connectivity index (χ1v) is 9.43. The number of ether oxygens (including phenoxy) is 1. The van der Waals surface area contributed by atoms with Gasteiger partial charge in [-0.05, 0) is 25.7 Å². The predicted molar refractivity (Wildman–Crippen MR) is 93.1 cm³/mol. The molecule has 0 heterocycles. The van der Waals surface area contributed by atoms with Crippen molar-refractivity contribution in [2.24, 2.45) is 11.8 Å². The largest absolute Gasteiger partial charge is 0.469 e. The molecule has 1 rings (SSSR count). The number of nitrogens with zero attached hydrogens (tertiary/aromatic N) is 1. The molecule has 0 bridgehead atoms. The topological polar surface area (TPSA) is 46.6 Å². The van der Waals surface area contributed by atoms with Crippen molar-refractivity contribution < 1.29 is 14.3 Å². The fourth-order valence-electron chi connectivity index (χ4n) is 3.61. The Morgan fingerprint density at radius 1 is 1.04 bits per heavy atom. The lowest BCUT2D eigenvalue weighted by Gasteiger charge is -2.36. The number of carbonyl (C=O) groups excluding carboxylic acids is 2. The zero-order valence-corrected chi connectivity index (χ0v) is 15.5. The zero-order chi connectivity index (χ0) is 17.2. The molecule has 1 amide bonds. The molecule has 0 N–H and O–H groups in total. The SMILES string of the molecule is CCC(CC)C(=O)N(CC(C)C(=O)OC)C1CCCCCCC1. The van der Waals surface area contributed by atoms with Gasteiger partial charge in [0.25, 0.3) is 0 Å². The van der Waals surface area contributed by atoms with Crippen molar-refractivity contribution in [3.63, 3.8) is 0 Å². The van der Waals surface area contributed by atoms with Gasteiger partial charge in [-0.25, -0.2) is 0 Å². The molecule has 1 atom stereocenters. The molecule has 1 fully saturated rings. The molecule has 1 saturated carbocycles. The van der Waals surface area contributed by atoms with Crippen LogP contribution in [0.15, 0.2) is 0 Å². The van der Waals surface area contributed by atoms with E-state index < -0.39 is 0 Å². The molecule has 1 unspecified atom stereocenters. The highest BCUT2D eigenvalue weighted by atomic mass is 16.5. The standard InChI is InChI=1S/C19H35NO3/c1-5-16(6-2)18(21)20(14-15(3)19(22)23-4)17-12-10-8-7-9-11-13-17/h15-17H,5-14H2,1-4H3. The highest BCUT2D eigenvalue weighted by Crippen LogP contribution is 2.25. The van der Waals surface area contributed by atoms with Crippen molar-refractivity contribution >= 4 is 11.9 Å². The summed E-state index contributed by atoms with van der Waals surface area (Å²) in [6.45, 7) is 6.51. The smallest absolute Gasteiger partial charge is 0.310 e. The first kappa shape index (κ1) is 20.0. The normalized spacial score (nSPS) is 18.1. The Morgan fingerprint density at radius 2 is 1.57 bits per heavy atom. The fourth-order valence-corrected chi connectivity index (χ4v) is 3.61. The second kappa shape index (κ2) is 10.7. The minimum atomic E-state index is -0.260. The number of hydrogen-bond acceptors (Lipinski definition) is 3. The average Bonchev–Trinajstić information content (AvgIpc) is 2.53. The lowest BCUT2D eigenvalue weighted by Crippen LogP contribution is -2.47. The molecule has 4 nitrogen and oxygen atoms in total. The molecule has 1 aliphatic rings. The number of methoxy groups -OCH3 is 1. The summed E-state index contributed by atoms with van der Waals surface area (Å²) in [6.07, 6.45) is 10.1. The van der Waals surface area contributed by atoms with Crippen molar-refractivity contribution in [1.82, 2.24) is 4.90 Å². The van der Waals surface area contributed by atoms with Gasteiger partial charge in [-0.1, -0.05) is 52.9 Å². The lowest BCUT2D eigenvalue weighted by molar-refractivity contribution is -0.148. The molecular weight excluding hydrogens is 290 g/mol. The summed E-state index contributed by atoms with van der Waals surface area (Å²) < 4.78 is 4.86. The summed E-state index contributed by atoms with van der Waals surface area (Å²) in [4.78, 5) is 26.9. The second-order valence-corrected chi connectivity index (χ2v) is 6.93. The molecule has 0 spiro atoms. The van der Waals surface area contributed by atoms with Crippen molar-refractivity contribution in [2.75, 3.05) is 13.7 Å². The van der Waals surface area contributed by atoms with Gasteiger partial charge in [0.05, 0.1) is 13.0 Å². The van der Waals surface area contributed by atoms with E-state index in [1.807, 2.05) is 11.8 Å². The maximum atomic E-state index is 13.0. The Labute approximate surface area is 141 Å². The van der Waals surface area contributed by atoms with Gasteiger partial charge >= 0.3 is 5.97 Å². The van der Waals surface area contributed by atoms with Crippen LogP contribution in [-0.4, -0.2) is 36.5 Å². The Morgan fingerprint density at radius 3 is 2.04 bits per heavy atom. The maximum Gasteiger partial charge on any atom is 0.310 e. The third-order valence-corrected chi connectivity index (χ3v) is 5.21. The summed E-state index contributed by atoms with van der Waals surface area (Å²) in [5.74, 6) is -0.177. The lowest BCUT2D eigenvalue weighted by atomic mass is 9.92. The summed E-state index contributed by atoms with van der Waals surface area (Å²) >= 11 is 0. The van der Waals surface area contributed by atoms with Crippen molar-refractivity contribution in [3.8, 4) is 0 Å². The fraction of sp³-hybridized carbons (Fsp3) is 0.895. The van der Waals surface area contributed by atoms with E-state index in [1.165, 1.54) is 39.2 Å². The summed E-state index contributed by atoms with van der Waals surface area (Å²) in [5.41, 5.74) is 0. The van der Waals surface area contributed by atoms with Gasteiger partial charge in [0.1, 0.15) is 0 Å². The first-order valence-electron chi connectivity index (χ1n) is 9.43. The van der Waals surface area contributed by atoms with Gasteiger partial charge < -0.3 is 9.64 Å². The highest BCUT2D eigenvalue weighted by molar-refractivity contribution is 5.80. The Balaban J connectivity index is 2.88. The van der Waals surface area contributed by atoms with Crippen LogP contribution in [0.1, 0.15) is 78.6 Å². The molecule has 0 aliphatic heterocycles. The van der Waals surface area contributed by atoms with Crippen LogP contribution in [0, 0.1) is 11.8 Å². The summed E-state index contributed by atoms with van der Waals surface area (Å²) in [7, 11) is 1.42. The number of hydrogen-bond donors (Lipinski definition) is 0. The van der Waals surface area contributed by atoms with Crippen molar-refractivity contribution in [3.05, 3.63) is 0 Å². The zero-order valence-electron chi connectivity index (χ0n) is 15.5. The van der Waals surface area contributed by atoms with Crippen LogP contribution in [0.5, 0.6) is 0 Å². The van der Waals surface area contributed by atoms with E-state index >= 15 is 0 Å². The molecule has 23 heavy (non-hydrogen) atoms. The first-order chi connectivity index (χ1) is 11.0. The van der Waals surface area contributed by atoms with E-state index in [0.29, 0.717) is 6.54 Å². The molecule has 1 aliphatic carbocycles. The van der Waals surface area contributed by atoms with Gasteiger partial charge in [0, 0.05) is 18.5 Å². The van der Waals surface area contributed by atoms with Gasteiger partial charge in [-0.15, -0.1) is 0 Å². The van der Waals surface area contributed by atoms with E-state index in [2.05, 4.69) is 13.8 Å². The van der Waals surface area contributed by atoms with Crippen molar-refractivity contribution in [1.29, 1.82) is 0 Å². The average molecular weight is 325 g/mol. The Kier molecular flexibility index (Phi) is 9.27. The number of esters is 1. The van der Waals surface area contributed by atoms with Gasteiger partial charge in [-0.2, -0.15) is 0 Å².